The maximum atomic E-state index is 14.7. The molecule has 0 aromatic heterocycles. The van der Waals surface area contributed by atoms with E-state index < -0.39 is 23.7 Å². The Bertz CT molecular complexity index is 1180. The molecule has 2 aromatic carbocycles. The van der Waals surface area contributed by atoms with E-state index in [1.807, 2.05) is 0 Å². The third-order valence-electron chi connectivity index (χ3n) is 6.11. The van der Waals surface area contributed by atoms with Crippen LogP contribution in [0.4, 0.5) is 8.78 Å². The van der Waals surface area contributed by atoms with E-state index in [-0.39, 0.29) is 55.2 Å². The first-order valence-electron chi connectivity index (χ1n) is 10.5. The predicted octanol–water partition coefficient (Wildman–Crippen LogP) is 3.70. The summed E-state index contributed by atoms with van der Waals surface area (Å²) >= 11 is 5.82. The summed E-state index contributed by atoms with van der Waals surface area (Å²) in [5, 5.41) is 2.56. The van der Waals surface area contributed by atoms with Gasteiger partial charge in [0.05, 0.1) is 0 Å². The van der Waals surface area contributed by atoms with Crippen molar-refractivity contribution >= 4 is 35.1 Å². The van der Waals surface area contributed by atoms with Gasteiger partial charge in [0.2, 0.25) is 17.6 Å². The highest BCUT2D eigenvalue weighted by molar-refractivity contribution is 6.30. The number of aryl methyl sites for hydroxylation is 2. The molecule has 0 saturated carbocycles. The van der Waals surface area contributed by atoms with Gasteiger partial charge in [0, 0.05) is 35.5 Å². The van der Waals surface area contributed by atoms with Gasteiger partial charge in [-0.1, -0.05) is 29.8 Å². The molecule has 1 fully saturated rings. The number of hydrogen-bond donors (Lipinski definition) is 1. The number of imide groups is 1. The monoisotopic (exact) mass is 474 g/mol. The van der Waals surface area contributed by atoms with E-state index in [0.717, 1.165) is 0 Å². The molecule has 33 heavy (non-hydrogen) atoms. The second-order valence-electron chi connectivity index (χ2n) is 8.35. The van der Waals surface area contributed by atoms with E-state index in [0.29, 0.717) is 21.7 Å². The smallest absolute Gasteiger partial charge is 0.322 e. The lowest BCUT2D eigenvalue weighted by atomic mass is 9.95. The van der Waals surface area contributed by atoms with Gasteiger partial charge >= 0.3 is 5.92 Å². The number of ketones is 1. The molecular weight excluding hydrogens is 454 g/mol. The third-order valence-corrected chi connectivity index (χ3v) is 6.34. The summed E-state index contributed by atoms with van der Waals surface area (Å²) in [6, 6.07) is 8.09. The lowest BCUT2D eigenvalue weighted by Crippen LogP contribution is -2.52. The summed E-state index contributed by atoms with van der Waals surface area (Å²) in [7, 11) is 0. The molecule has 0 aliphatic carbocycles. The van der Waals surface area contributed by atoms with Gasteiger partial charge in [-0.15, -0.1) is 0 Å². The van der Waals surface area contributed by atoms with Gasteiger partial charge < -0.3 is 4.90 Å². The molecule has 0 spiro atoms. The summed E-state index contributed by atoms with van der Waals surface area (Å²) in [6.07, 6.45) is 0.121. The molecule has 1 unspecified atom stereocenters. The van der Waals surface area contributed by atoms with Gasteiger partial charge in [-0.2, -0.15) is 8.78 Å². The van der Waals surface area contributed by atoms with E-state index in [1.54, 1.807) is 18.2 Å². The van der Waals surface area contributed by atoms with Crippen molar-refractivity contribution in [2.24, 2.45) is 0 Å². The SMILES string of the molecule is Cc1cc(Cl)ccc1C(F)(F)C(=O)CCc1ccc2c(c1)CN(C1CCC(=O)NC1=O)C2=O. The van der Waals surface area contributed by atoms with Crippen LogP contribution in [0.5, 0.6) is 0 Å². The molecule has 1 atom stereocenters. The van der Waals surface area contributed by atoms with Crippen molar-refractivity contribution in [1.82, 2.24) is 10.2 Å². The first-order valence-corrected chi connectivity index (χ1v) is 10.9. The molecular formula is C24H21ClF2N2O4. The Hall–Kier alpha value is -3.13. The largest absolute Gasteiger partial charge is 0.330 e. The minimum atomic E-state index is -3.63. The van der Waals surface area contributed by atoms with Crippen LogP contribution in [-0.4, -0.2) is 34.4 Å². The lowest BCUT2D eigenvalue weighted by molar-refractivity contribution is -0.144. The van der Waals surface area contributed by atoms with E-state index in [2.05, 4.69) is 5.32 Å². The average Bonchev–Trinajstić information content (AvgIpc) is 3.07. The summed E-state index contributed by atoms with van der Waals surface area (Å²) < 4.78 is 29.5. The molecule has 0 radical (unpaired) electrons. The van der Waals surface area contributed by atoms with Gasteiger partial charge in [-0.25, -0.2) is 0 Å². The van der Waals surface area contributed by atoms with Crippen molar-refractivity contribution in [2.45, 2.75) is 51.1 Å². The molecule has 2 aromatic rings. The molecule has 2 aliphatic heterocycles. The van der Waals surface area contributed by atoms with Gasteiger partial charge in [0.15, 0.2) is 0 Å². The Morgan fingerprint density at radius 2 is 1.94 bits per heavy atom. The van der Waals surface area contributed by atoms with Gasteiger partial charge in [0.25, 0.3) is 5.91 Å². The second kappa shape index (κ2) is 8.67. The van der Waals surface area contributed by atoms with E-state index >= 15 is 0 Å². The van der Waals surface area contributed by atoms with E-state index in [4.69, 9.17) is 11.6 Å². The number of nitrogens with zero attached hydrogens (tertiary/aromatic N) is 1. The summed E-state index contributed by atoms with van der Waals surface area (Å²) in [5.41, 5.74) is 1.61. The van der Waals surface area contributed by atoms with E-state index in [1.165, 1.54) is 30.0 Å². The fraction of sp³-hybridized carbons (Fsp3) is 0.333. The number of rotatable bonds is 6. The van der Waals surface area contributed by atoms with Crippen molar-refractivity contribution in [3.63, 3.8) is 0 Å². The number of carbonyl (C=O) groups is 4. The van der Waals surface area contributed by atoms with Crippen LogP contribution < -0.4 is 5.32 Å². The van der Waals surface area contributed by atoms with Crippen molar-refractivity contribution in [3.8, 4) is 0 Å². The molecule has 4 rings (SSSR count). The zero-order chi connectivity index (χ0) is 23.9. The van der Waals surface area contributed by atoms with Crippen LogP contribution in [-0.2, 0) is 33.3 Å². The Morgan fingerprint density at radius 1 is 1.18 bits per heavy atom. The summed E-state index contributed by atoms with van der Waals surface area (Å²) in [5.74, 6) is -6.01. The maximum absolute atomic E-state index is 14.7. The molecule has 172 valence electrons. The van der Waals surface area contributed by atoms with Gasteiger partial charge in [-0.05, 0) is 54.7 Å². The van der Waals surface area contributed by atoms with Gasteiger partial charge in [0.1, 0.15) is 6.04 Å². The molecule has 1 saturated heterocycles. The van der Waals surface area contributed by atoms with Crippen molar-refractivity contribution < 1.29 is 28.0 Å². The van der Waals surface area contributed by atoms with Crippen LogP contribution in [0.25, 0.3) is 0 Å². The standard InChI is InChI=1S/C24H21ClF2N2O4/c1-13-10-16(25)4-6-18(13)24(26,27)20(30)8-3-14-2-5-17-15(11-14)12-29(23(17)33)19-7-9-21(31)28-22(19)32/h2,4-6,10-11,19H,3,7-9,12H2,1H3,(H,28,31,32). The van der Waals surface area contributed by atoms with Crippen LogP contribution >= 0.6 is 11.6 Å². The Kier molecular flexibility index (Phi) is 6.05. The number of piperidine rings is 1. The molecule has 0 bridgehead atoms. The molecule has 6 nitrogen and oxygen atoms in total. The van der Waals surface area contributed by atoms with Crippen molar-refractivity contribution in [1.29, 1.82) is 0 Å². The van der Waals surface area contributed by atoms with Crippen LogP contribution in [0.3, 0.4) is 0 Å². The van der Waals surface area contributed by atoms with E-state index in [9.17, 15) is 28.0 Å². The molecule has 2 aliphatic rings. The number of nitrogens with one attached hydrogen (secondary N) is 1. The number of hydrogen-bond acceptors (Lipinski definition) is 4. The summed E-state index contributed by atoms with van der Waals surface area (Å²) in [6.45, 7) is 1.66. The predicted molar refractivity (Wildman–Crippen MR) is 116 cm³/mol. The number of halogens is 3. The first kappa shape index (κ1) is 23.0. The zero-order valence-electron chi connectivity index (χ0n) is 17.8. The highest BCUT2D eigenvalue weighted by Crippen LogP contribution is 2.34. The van der Waals surface area contributed by atoms with Crippen LogP contribution in [0.2, 0.25) is 5.02 Å². The second-order valence-corrected chi connectivity index (χ2v) is 8.78. The number of alkyl halides is 2. The zero-order valence-corrected chi connectivity index (χ0v) is 18.5. The Balaban J connectivity index is 1.44. The first-order chi connectivity index (χ1) is 15.6. The lowest BCUT2D eigenvalue weighted by Gasteiger charge is -2.29. The van der Waals surface area contributed by atoms with Crippen LogP contribution in [0.15, 0.2) is 36.4 Å². The summed E-state index contributed by atoms with van der Waals surface area (Å²) in [4.78, 5) is 50.0. The normalized spacial score (nSPS) is 18.4. The molecule has 2 heterocycles. The minimum Gasteiger partial charge on any atom is -0.322 e. The highest BCUT2D eigenvalue weighted by atomic mass is 35.5. The third kappa shape index (κ3) is 4.39. The molecule has 1 N–H and O–H groups in total. The Morgan fingerprint density at radius 3 is 2.64 bits per heavy atom. The van der Waals surface area contributed by atoms with Crippen molar-refractivity contribution in [2.75, 3.05) is 0 Å². The van der Waals surface area contributed by atoms with Gasteiger partial charge in [-0.3, -0.25) is 24.5 Å². The van der Waals surface area contributed by atoms with Crippen LogP contribution in [0, 0.1) is 6.92 Å². The number of carbonyl (C=O) groups excluding carboxylic acids is 4. The fourth-order valence-corrected chi connectivity index (χ4v) is 4.55. The number of benzene rings is 2. The topological polar surface area (TPSA) is 83.6 Å². The molecule has 3 amide bonds. The number of amides is 3. The Labute approximate surface area is 193 Å². The average molecular weight is 475 g/mol. The van der Waals surface area contributed by atoms with Crippen LogP contribution in [0.1, 0.15) is 51.9 Å². The number of Topliss-reactive ketones (excluding diaryl/α,β-unsaturated/α-hetero) is 1. The highest BCUT2D eigenvalue weighted by Gasteiger charge is 2.41. The minimum absolute atomic E-state index is 0.0843. The fourth-order valence-electron chi connectivity index (χ4n) is 4.33. The maximum Gasteiger partial charge on any atom is 0.330 e. The quantitative estimate of drug-likeness (QED) is 0.647. The number of fused-ring (bicyclic) bond motifs is 1. The molecule has 9 heteroatoms. The van der Waals surface area contributed by atoms with Crippen molar-refractivity contribution in [3.05, 3.63) is 69.2 Å².